The Kier molecular flexibility index (Phi) is 4.00. The van der Waals surface area contributed by atoms with Gasteiger partial charge in [0.15, 0.2) is 0 Å². The lowest BCUT2D eigenvalue weighted by atomic mass is 10.2. The van der Waals surface area contributed by atoms with Crippen LogP contribution in [0.5, 0.6) is 0 Å². The minimum atomic E-state index is -0.242. The number of thiophene rings is 1. The van der Waals surface area contributed by atoms with E-state index in [4.69, 9.17) is 0 Å². The van der Waals surface area contributed by atoms with Gasteiger partial charge in [-0.15, -0.1) is 11.3 Å². The Hall–Kier alpha value is -2.47. The predicted molar refractivity (Wildman–Crippen MR) is 93.2 cm³/mol. The number of amides is 1. The number of nitrogens with one attached hydrogen (secondary N) is 1. The first kappa shape index (κ1) is 15.4. The van der Waals surface area contributed by atoms with E-state index in [-0.39, 0.29) is 18.0 Å². The fourth-order valence-corrected chi connectivity index (χ4v) is 3.41. The van der Waals surface area contributed by atoms with Crippen LogP contribution in [0.2, 0.25) is 0 Å². The largest absolute Gasteiger partial charge is 0.325 e. The van der Waals surface area contributed by atoms with Gasteiger partial charge in [-0.05, 0) is 44.5 Å². The number of aryl methyl sites for hydroxylation is 3. The van der Waals surface area contributed by atoms with E-state index in [1.807, 2.05) is 44.2 Å². The van der Waals surface area contributed by atoms with Gasteiger partial charge < -0.3 is 5.32 Å². The van der Waals surface area contributed by atoms with Crippen molar-refractivity contribution < 1.29 is 4.79 Å². The minimum Gasteiger partial charge on any atom is -0.325 e. The average molecular weight is 327 g/mol. The zero-order valence-electron chi connectivity index (χ0n) is 13.2. The van der Waals surface area contributed by atoms with Gasteiger partial charge in [-0.1, -0.05) is 12.1 Å². The number of nitrogens with zero attached hydrogens (tertiary/aromatic N) is 2. The summed E-state index contributed by atoms with van der Waals surface area (Å²) in [6, 6.07) is 9.37. The summed E-state index contributed by atoms with van der Waals surface area (Å²) in [7, 11) is 0. The highest BCUT2D eigenvalue weighted by Gasteiger charge is 2.13. The van der Waals surface area contributed by atoms with Crippen LogP contribution in [-0.2, 0) is 11.3 Å². The van der Waals surface area contributed by atoms with Crippen molar-refractivity contribution in [1.82, 2.24) is 9.55 Å². The van der Waals surface area contributed by atoms with Crippen LogP contribution in [-0.4, -0.2) is 15.5 Å². The monoisotopic (exact) mass is 327 g/mol. The number of rotatable bonds is 3. The normalized spacial score (nSPS) is 10.9. The molecule has 0 saturated heterocycles. The second-order valence-electron chi connectivity index (χ2n) is 5.54. The maximum atomic E-state index is 12.6. The molecule has 0 fully saturated rings. The molecule has 23 heavy (non-hydrogen) atoms. The van der Waals surface area contributed by atoms with Crippen LogP contribution in [0.1, 0.15) is 16.3 Å². The second-order valence-corrected chi connectivity index (χ2v) is 6.78. The zero-order valence-corrected chi connectivity index (χ0v) is 14.0. The Bertz CT molecular complexity index is 956. The topological polar surface area (TPSA) is 64.0 Å². The van der Waals surface area contributed by atoms with Crippen molar-refractivity contribution in [2.24, 2.45) is 0 Å². The van der Waals surface area contributed by atoms with Crippen molar-refractivity contribution in [2.45, 2.75) is 27.3 Å². The summed E-state index contributed by atoms with van der Waals surface area (Å²) < 4.78 is 1.42. The maximum Gasteiger partial charge on any atom is 0.262 e. The summed E-state index contributed by atoms with van der Waals surface area (Å²) in [5, 5.41) is 3.39. The summed E-state index contributed by atoms with van der Waals surface area (Å²) in [6.45, 7) is 5.60. The van der Waals surface area contributed by atoms with Crippen LogP contribution in [0.4, 0.5) is 5.69 Å². The number of hydrogen-bond acceptors (Lipinski definition) is 4. The first-order valence-corrected chi connectivity index (χ1v) is 8.10. The second kappa shape index (κ2) is 5.96. The van der Waals surface area contributed by atoms with Gasteiger partial charge in [0, 0.05) is 10.6 Å². The molecule has 3 aromatic rings. The minimum absolute atomic E-state index is 0.0452. The fraction of sp³-hybridized carbons (Fsp3) is 0.235. The van der Waals surface area contributed by atoms with Gasteiger partial charge >= 0.3 is 0 Å². The lowest BCUT2D eigenvalue weighted by Crippen LogP contribution is -2.29. The molecule has 0 aliphatic carbocycles. The number of hydrogen-bond donors (Lipinski definition) is 1. The fourth-order valence-electron chi connectivity index (χ4n) is 2.49. The molecule has 0 aliphatic rings. The van der Waals surface area contributed by atoms with Crippen LogP contribution < -0.4 is 10.9 Å². The summed E-state index contributed by atoms with van der Waals surface area (Å²) in [5.41, 5.74) is 1.62. The first-order valence-electron chi connectivity index (χ1n) is 7.28. The molecule has 118 valence electrons. The molecule has 2 heterocycles. The summed E-state index contributed by atoms with van der Waals surface area (Å²) >= 11 is 1.49. The molecular formula is C17H17N3O2S. The van der Waals surface area contributed by atoms with Gasteiger partial charge in [-0.25, -0.2) is 4.98 Å². The lowest BCUT2D eigenvalue weighted by Gasteiger charge is -2.10. The number of carbonyl (C=O) groups excluding carboxylic acids is 1. The van der Waals surface area contributed by atoms with E-state index < -0.39 is 0 Å². The molecule has 0 spiro atoms. The van der Waals surface area contributed by atoms with Crippen molar-refractivity contribution in [1.29, 1.82) is 0 Å². The molecule has 1 amide bonds. The Balaban J connectivity index is 1.89. The molecule has 3 rings (SSSR count). The third kappa shape index (κ3) is 3.17. The molecule has 0 aliphatic heterocycles. The molecule has 0 radical (unpaired) electrons. The van der Waals surface area contributed by atoms with Crippen LogP contribution in [0, 0.1) is 20.8 Å². The smallest absolute Gasteiger partial charge is 0.262 e. The number of benzene rings is 1. The maximum absolute atomic E-state index is 12.6. The predicted octanol–water partition coefficient (Wildman–Crippen LogP) is 3.02. The van der Waals surface area contributed by atoms with Crippen LogP contribution in [0.15, 0.2) is 35.1 Å². The molecule has 1 aromatic carbocycles. The number of aromatic nitrogens is 2. The van der Waals surface area contributed by atoms with E-state index in [0.29, 0.717) is 11.2 Å². The van der Waals surface area contributed by atoms with Crippen LogP contribution in [0.3, 0.4) is 0 Å². The molecule has 0 atom stereocenters. The number of fused-ring (bicyclic) bond motifs is 1. The van der Waals surface area contributed by atoms with Gasteiger partial charge in [-0.3, -0.25) is 14.2 Å². The lowest BCUT2D eigenvalue weighted by molar-refractivity contribution is -0.116. The van der Waals surface area contributed by atoms with Crippen molar-refractivity contribution in [2.75, 3.05) is 5.32 Å². The van der Waals surface area contributed by atoms with E-state index in [1.54, 1.807) is 6.92 Å². The SMILES string of the molecule is Cc1cccc(NC(=O)Cn2c(C)nc3sc(C)cc3c2=O)c1. The number of carbonyl (C=O) groups is 1. The third-order valence-electron chi connectivity index (χ3n) is 3.57. The van der Waals surface area contributed by atoms with Crippen molar-refractivity contribution in [3.8, 4) is 0 Å². The highest BCUT2D eigenvalue weighted by molar-refractivity contribution is 7.18. The quantitative estimate of drug-likeness (QED) is 0.804. The van der Waals surface area contributed by atoms with E-state index in [0.717, 1.165) is 21.0 Å². The standard InChI is InChI=1S/C17H17N3O2S/c1-10-5-4-6-13(7-10)19-15(21)9-20-12(3)18-16-14(17(20)22)8-11(2)23-16/h4-8H,9H2,1-3H3,(H,19,21). The van der Waals surface area contributed by atoms with Gasteiger partial charge in [0.25, 0.3) is 5.56 Å². The summed E-state index contributed by atoms with van der Waals surface area (Å²) in [6.07, 6.45) is 0. The first-order chi connectivity index (χ1) is 10.9. The number of anilines is 1. The van der Waals surface area contributed by atoms with Crippen LogP contribution >= 0.6 is 11.3 Å². The van der Waals surface area contributed by atoms with Crippen molar-refractivity contribution in [3.63, 3.8) is 0 Å². The highest BCUT2D eigenvalue weighted by Crippen LogP contribution is 2.20. The molecule has 6 heteroatoms. The summed E-state index contributed by atoms with van der Waals surface area (Å²) in [5.74, 6) is 0.303. The highest BCUT2D eigenvalue weighted by atomic mass is 32.1. The molecular weight excluding hydrogens is 310 g/mol. The Morgan fingerprint density at radius 2 is 2.04 bits per heavy atom. The van der Waals surface area contributed by atoms with Gasteiger partial charge in [0.1, 0.15) is 17.2 Å². The Labute approximate surface area is 137 Å². The van der Waals surface area contributed by atoms with E-state index in [2.05, 4.69) is 10.3 Å². The van der Waals surface area contributed by atoms with Gasteiger partial charge in [0.05, 0.1) is 5.39 Å². The third-order valence-corrected chi connectivity index (χ3v) is 4.51. The molecule has 2 aromatic heterocycles. The molecule has 0 bridgehead atoms. The van der Waals surface area contributed by atoms with Crippen LogP contribution in [0.25, 0.3) is 10.2 Å². The zero-order chi connectivity index (χ0) is 16.6. The Morgan fingerprint density at radius 1 is 1.26 bits per heavy atom. The van der Waals surface area contributed by atoms with Crippen molar-refractivity contribution in [3.05, 3.63) is 57.0 Å². The van der Waals surface area contributed by atoms with E-state index in [1.165, 1.54) is 15.9 Å². The van der Waals surface area contributed by atoms with Gasteiger partial charge in [-0.2, -0.15) is 0 Å². The van der Waals surface area contributed by atoms with E-state index >= 15 is 0 Å². The summed E-state index contributed by atoms with van der Waals surface area (Å²) in [4.78, 5) is 31.0. The molecule has 1 N–H and O–H groups in total. The van der Waals surface area contributed by atoms with Gasteiger partial charge in [0.2, 0.25) is 5.91 Å². The van der Waals surface area contributed by atoms with Crippen molar-refractivity contribution >= 4 is 33.1 Å². The Morgan fingerprint density at radius 3 is 2.78 bits per heavy atom. The van der Waals surface area contributed by atoms with E-state index in [9.17, 15) is 9.59 Å². The average Bonchev–Trinajstić information content (AvgIpc) is 2.84. The molecule has 5 nitrogen and oxygen atoms in total. The molecule has 0 saturated carbocycles. The molecule has 0 unspecified atom stereocenters.